The lowest BCUT2D eigenvalue weighted by Gasteiger charge is -2.24. The number of ether oxygens (including phenoxy) is 3. The normalized spacial score (nSPS) is 12.1. The number of isocyanates is 1. The zero-order chi connectivity index (χ0) is 18.5. The van der Waals surface area contributed by atoms with Gasteiger partial charge in [0.1, 0.15) is 5.69 Å². The first-order valence-electron chi connectivity index (χ1n) is 6.66. The Balaban J connectivity index is 3.04. The van der Waals surface area contributed by atoms with Crippen LogP contribution in [-0.2, 0) is 23.8 Å². The van der Waals surface area contributed by atoms with Gasteiger partial charge < -0.3 is 14.2 Å². The molecule has 0 saturated carbocycles. The maximum Gasteiger partial charge on any atom is 0.352 e. The molecule has 1 aromatic rings. The Hall–Kier alpha value is -2.28. The van der Waals surface area contributed by atoms with Crippen molar-refractivity contribution < 1.29 is 33.0 Å². The standard InChI is InChI=1S/C15H15ClFNO6/c1-8(22-4)23-14(21)15(2,3)24-13(20)9-5-12(18-7-19)11(17)6-10(9)16/h5-6,8H,1-4H3. The van der Waals surface area contributed by atoms with Crippen LogP contribution in [0.4, 0.5) is 10.1 Å². The molecule has 1 aromatic carbocycles. The van der Waals surface area contributed by atoms with Gasteiger partial charge >= 0.3 is 11.9 Å². The molecule has 0 aromatic heterocycles. The van der Waals surface area contributed by atoms with Gasteiger partial charge in [0.2, 0.25) is 11.7 Å². The molecule has 1 atom stereocenters. The van der Waals surface area contributed by atoms with Crippen molar-refractivity contribution >= 4 is 35.3 Å². The zero-order valence-electron chi connectivity index (χ0n) is 13.4. The lowest BCUT2D eigenvalue weighted by molar-refractivity contribution is -0.187. The predicted molar refractivity (Wildman–Crippen MR) is 81.2 cm³/mol. The van der Waals surface area contributed by atoms with Crippen LogP contribution >= 0.6 is 11.6 Å². The molecule has 0 spiro atoms. The fourth-order valence-corrected chi connectivity index (χ4v) is 1.73. The molecule has 0 saturated heterocycles. The lowest BCUT2D eigenvalue weighted by Crippen LogP contribution is -2.40. The van der Waals surface area contributed by atoms with Crippen molar-refractivity contribution in [3.63, 3.8) is 0 Å². The van der Waals surface area contributed by atoms with Crippen LogP contribution in [0.3, 0.4) is 0 Å². The van der Waals surface area contributed by atoms with Crippen molar-refractivity contribution in [2.24, 2.45) is 4.99 Å². The molecule has 1 rings (SSSR count). The molecular weight excluding hydrogens is 345 g/mol. The van der Waals surface area contributed by atoms with Crippen LogP contribution in [0.1, 0.15) is 31.1 Å². The Morgan fingerprint density at radius 2 is 2.00 bits per heavy atom. The van der Waals surface area contributed by atoms with Gasteiger partial charge in [-0.05, 0) is 32.9 Å². The predicted octanol–water partition coefficient (Wildman–Crippen LogP) is 2.92. The average Bonchev–Trinajstić information content (AvgIpc) is 2.49. The second kappa shape index (κ2) is 8.01. The van der Waals surface area contributed by atoms with E-state index in [9.17, 15) is 18.8 Å². The Labute approximate surface area is 142 Å². The van der Waals surface area contributed by atoms with Gasteiger partial charge in [-0.1, -0.05) is 11.6 Å². The Kier molecular flexibility index (Phi) is 6.60. The van der Waals surface area contributed by atoms with E-state index in [0.29, 0.717) is 0 Å². The minimum Gasteiger partial charge on any atom is -0.444 e. The summed E-state index contributed by atoms with van der Waals surface area (Å²) in [5, 5.41) is -0.267. The number of hydrogen-bond donors (Lipinski definition) is 0. The van der Waals surface area contributed by atoms with E-state index < -0.39 is 35.3 Å². The number of rotatable bonds is 6. The van der Waals surface area contributed by atoms with Crippen molar-refractivity contribution in [3.05, 3.63) is 28.5 Å². The SMILES string of the molecule is COC(C)OC(=O)C(C)(C)OC(=O)c1cc(N=C=O)c(F)cc1Cl. The molecule has 0 radical (unpaired) electrons. The molecule has 1 unspecified atom stereocenters. The summed E-state index contributed by atoms with van der Waals surface area (Å²) in [7, 11) is 1.34. The highest BCUT2D eigenvalue weighted by Gasteiger charge is 2.36. The number of carbonyl (C=O) groups excluding carboxylic acids is 3. The van der Waals surface area contributed by atoms with Crippen molar-refractivity contribution in [1.29, 1.82) is 0 Å². The van der Waals surface area contributed by atoms with Gasteiger partial charge in [0, 0.05) is 7.11 Å². The molecule has 9 heteroatoms. The van der Waals surface area contributed by atoms with Gasteiger partial charge in [-0.3, -0.25) is 0 Å². The van der Waals surface area contributed by atoms with Gasteiger partial charge in [0.15, 0.2) is 12.1 Å². The Morgan fingerprint density at radius 1 is 1.38 bits per heavy atom. The smallest absolute Gasteiger partial charge is 0.352 e. The largest absolute Gasteiger partial charge is 0.444 e. The summed E-state index contributed by atoms with van der Waals surface area (Å²) in [6, 6.07) is 1.72. The molecule has 0 heterocycles. The highest BCUT2D eigenvalue weighted by molar-refractivity contribution is 6.33. The summed E-state index contributed by atoms with van der Waals surface area (Å²) >= 11 is 5.79. The third-order valence-electron chi connectivity index (χ3n) is 2.87. The number of carbonyl (C=O) groups is 2. The van der Waals surface area contributed by atoms with E-state index in [1.807, 2.05) is 0 Å². The number of halogens is 2. The molecule has 0 fully saturated rings. The van der Waals surface area contributed by atoms with Gasteiger partial charge in [-0.25, -0.2) is 18.8 Å². The first-order valence-corrected chi connectivity index (χ1v) is 7.04. The molecule has 7 nitrogen and oxygen atoms in total. The number of aliphatic imine (C=N–C) groups is 1. The topological polar surface area (TPSA) is 91.3 Å². The lowest BCUT2D eigenvalue weighted by atomic mass is 10.1. The number of esters is 2. The summed E-state index contributed by atoms with van der Waals surface area (Å²) in [6.07, 6.45) is 0.322. The minimum absolute atomic E-state index is 0.267. The van der Waals surface area contributed by atoms with Crippen LogP contribution in [0.2, 0.25) is 5.02 Å². The fourth-order valence-electron chi connectivity index (χ4n) is 1.50. The second-order valence-corrected chi connectivity index (χ2v) is 5.50. The fraction of sp³-hybridized carbons (Fsp3) is 0.400. The quantitative estimate of drug-likeness (QED) is 0.335. The highest BCUT2D eigenvalue weighted by atomic mass is 35.5. The van der Waals surface area contributed by atoms with Crippen LogP contribution in [0.25, 0.3) is 0 Å². The number of benzene rings is 1. The highest BCUT2D eigenvalue weighted by Crippen LogP contribution is 2.28. The Bertz CT molecular complexity index is 699. The monoisotopic (exact) mass is 359 g/mol. The van der Waals surface area contributed by atoms with Crippen molar-refractivity contribution in [3.8, 4) is 0 Å². The van der Waals surface area contributed by atoms with Crippen LogP contribution in [0, 0.1) is 5.82 Å². The molecule has 0 aliphatic carbocycles. The van der Waals surface area contributed by atoms with Crippen LogP contribution in [-0.4, -0.2) is 37.0 Å². The summed E-state index contributed by atoms with van der Waals surface area (Å²) in [4.78, 5) is 37.5. The van der Waals surface area contributed by atoms with E-state index in [-0.39, 0.29) is 10.6 Å². The third-order valence-corrected chi connectivity index (χ3v) is 3.18. The van der Waals surface area contributed by atoms with Gasteiger partial charge in [0.05, 0.1) is 10.6 Å². The number of hydrogen-bond acceptors (Lipinski definition) is 7. The molecule has 0 aliphatic rings. The van der Waals surface area contributed by atoms with Crippen molar-refractivity contribution in [2.45, 2.75) is 32.7 Å². The molecule has 0 N–H and O–H groups in total. The van der Waals surface area contributed by atoms with Crippen LogP contribution in [0.5, 0.6) is 0 Å². The first kappa shape index (κ1) is 19.8. The van der Waals surface area contributed by atoms with Crippen molar-refractivity contribution in [2.75, 3.05) is 7.11 Å². The van der Waals surface area contributed by atoms with Crippen LogP contribution < -0.4 is 0 Å². The first-order chi connectivity index (χ1) is 11.1. The summed E-state index contributed by atoms with van der Waals surface area (Å²) < 4.78 is 28.3. The molecule has 24 heavy (non-hydrogen) atoms. The molecule has 0 aliphatic heterocycles. The number of methoxy groups -OCH3 is 1. The molecule has 0 bridgehead atoms. The summed E-state index contributed by atoms with van der Waals surface area (Å²) in [6.45, 7) is 4.09. The molecule has 0 amide bonds. The van der Waals surface area contributed by atoms with Gasteiger partial charge in [-0.2, -0.15) is 4.99 Å². The summed E-state index contributed by atoms with van der Waals surface area (Å²) in [5.41, 5.74) is -2.36. The van der Waals surface area contributed by atoms with E-state index in [2.05, 4.69) is 4.99 Å². The van der Waals surface area contributed by atoms with Crippen molar-refractivity contribution in [1.82, 2.24) is 0 Å². The zero-order valence-corrected chi connectivity index (χ0v) is 14.1. The van der Waals surface area contributed by atoms with E-state index >= 15 is 0 Å². The molecule has 130 valence electrons. The summed E-state index contributed by atoms with van der Waals surface area (Å²) in [5.74, 6) is -2.78. The maximum atomic E-state index is 13.5. The van der Waals surface area contributed by atoms with Gasteiger partial charge in [-0.15, -0.1) is 0 Å². The minimum atomic E-state index is -1.66. The van der Waals surface area contributed by atoms with E-state index in [1.54, 1.807) is 0 Å². The Morgan fingerprint density at radius 3 is 2.54 bits per heavy atom. The molecular formula is C15H15ClFNO6. The second-order valence-electron chi connectivity index (χ2n) is 5.10. The number of nitrogens with zero attached hydrogens (tertiary/aromatic N) is 1. The van der Waals surface area contributed by atoms with Crippen LogP contribution in [0.15, 0.2) is 17.1 Å². The van der Waals surface area contributed by atoms with E-state index in [0.717, 1.165) is 18.2 Å². The van der Waals surface area contributed by atoms with E-state index in [4.69, 9.17) is 25.8 Å². The third kappa shape index (κ3) is 4.86. The van der Waals surface area contributed by atoms with E-state index in [1.165, 1.54) is 27.9 Å². The van der Waals surface area contributed by atoms with Gasteiger partial charge in [0.25, 0.3) is 0 Å². The maximum absolute atomic E-state index is 13.5. The average molecular weight is 360 g/mol.